The van der Waals surface area contributed by atoms with Crippen LogP contribution in [0.1, 0.15) is 11.3 Å². The fourth-order valence-corrected chi connectivity index (χ4v) is 1.80. The van der Waals surface area contributed by atoms with E-state index in [1.54, 1.807) is 0 Å². The molecule has 0 aliphatic heterocycles. The second-order valence-corrected chi connectivity index (χ2v) is 4.19. The highest BCUT2D eigenvalue weighted by molar-refractivity contribution is 5.61. The normalized spacial score (nSPS) is 10.6. The van der Waals surface area contributed by atoms with E-state index in [0.29, 0.717) is 5.82 Å². The molecule has 0 fully saturated rings. The van der Waals surface area contributed by atoms with Crippen molar-refractivity contribution in [1.82, 2.24) is 30.8 Å². The molecular weight excluding hydrogens is 242 g/mol. The Balaban J connectivity index is 1.75. The lowest BCUT2D eigenvalue weighted by Crippen LogP contribution is -2.00. The first kappa shape index (κ1) is 11.4. The van der Waals surface area contributed by atoms with Gasteiger partial charge in [-0.05, 0) is 24.3 Å². The second-order valence-electron chi connectivity index (χ2n) is 4.19. The molecule has 7 nitrogen and oxygen atoms in total. The second kappa shape index (κ2) is 4.89. The lowest BCUT2D eigenvalue weighted by molar-refractivity contribution is 0.881. The molecule has 3 aromatic rings. The molecule has 0 bridgehead atoms. The average molecular weight is 255 g/mol. The molecule has 3 rings (SSSR count). The van der Waals surface area contributed by atoms with Crippen LogP contribution in [-0.2, 0) is 6.54 Å². The minimum absolute atomic E-state index is 0.586. The Bertz CT molecular complexity index is 656. The summed E-state index contributed by atoms with van der Waals surface area (Å²) in [6.07, 6.45) is 1.82. The summed E-state index contributed by atoms with van der Waals surface area (Å²) in [6.45, 7) is 2.72. The highest BCUT2D eigenvalue weighted by Gasteiger charge is 2.04. The first-order valence-electron chi connectivity index (χ1n) is 5.89. The zero-order valence-electron chi connectivity index (χ0n) is 10.4. The van der Waals surface area contributed by atoms with Gasteiger partial charge in [0.2, 0.25) is 5.82 Å². The molecule has 0 amide bonds. The van der Waals surface area contributed by atoms with Crippen molar-refractivity contribution < 1.29 is 0 Å². The van der Waals surface area contributed by atoms with Crippen LogP contribution >= 0.6 is 0 Å². The third kappa shape index (κ3) is 2.44. The van der Waals surface area contributed by atoms with Gasteiger partial charge in [0.1, 0.15) is 0 Å². The number of benzene rings is 1. The molecule has 0 aliphatic rings. The van der Waals surface area contributed by atoms with Gasteiger partial charge in [0.05, 0.1) is 6.20 Å². The molecule has 7 heteroatoms. The van der Waals surface area contributed by atoms with Gasteiger partial charge in [0.25, 0.3) is 0 Å². The van der Waals surface area contributed by atoms with Crippen molar-refractivity contribution >= 4 is 5.69 Å². The van der Waals surface area contributed by atoms with E-state index in [9.17, 15) is 0 Å². The SMILES string of the molecule is Cc1[nH]ncc1CNc1cccc(-c2nn[nH]n2)c1. The van der Waals surface area contributed by atoms with Gasteiger partial charge in [-0.15, -0.1) is 10.2 Å². The molecule has 0 spiro atoms. The van der Waals surface area contributed by atoms with E-state index in [1.165, 1.54) is 0 Å². The third-order valence-electron chi connectivity index (χ3n) is 2.88. The molecule has 19 heavy (non-hydrogen) atoms. The van der Waals surface area contributed by atoms with Crippen molar-refractivity contribution in [3.05, 3.63) is 41.7 Å². The van der Waals surface area contributed by atoms with Crippen LogP contribution in [0.15, 0.2) is 30.5 Å². The maximum absolute atomic E-state index is 3.99. The van der Waals surface area contributed by atoms with Crippen molar-refractivity contribution in [2.45, 2.75) is 13.5 Å². The monoisotopic (exact) mass is 255 g/mol. The zero-order valence-corrected chi connectivity index (χ0v) is 10.4. The van der Waals surface area contributed by atoms with Gasteiger partial charge in [-0.1, -0.05) is 12.1 Å². The lowest BCUT2D eigenvalue weighted by atomic mass is 10.2. The smallest absolute Gasteiger partial charge is 0.204 e. The van der Waals surface area contributed by atoms with Gasteiger partial charge < -0.3 is 5.32 Å². The predicted molar refractivity (Wildman–Crippen MR) is 70.3 cm³/mol. The van der Waals surface area contributed by atoms with Crippen LogP contribution in [0.4, 0.5) is 5.69 Å². The highest BCUT2D eigenvalue weighted by atomic mass is 15.5. The zero-order chi connectivity index (χ0) is 13.1. The minimum atomic E-state index is 0.586. The molecule has 0 unspecified atom stereocenters. The number of hydrogen-bond acceptors (Lipinski definition) is 5. The maximum Gasteiger partial charge on any atom is 0.204 e. The molecule has 2 heterocycles. The number of nitrogens with one attached hydrogen (secondary N) is 3. The summed E-state index contributed by atoms with van der Waals surface area (Å²) in [6, 6.07) is 7.88. The highest BCUT2D eigenvalue weighted by Crippen LogP contribution is 2.19. The van der Waals surface area contributed by atoms with Crippen LogP contribution < -0.4 is 5.32 Å². The first-order valence-corrected chi connectivity index (χ1v) is 5.89. The van der Waals surface area contributed by atoms with Gasteiger partial charge in [0, 0.05) is 29.1 Å². The molecule has 0 aliphatic carbocycles. The largest absolute Gasteiger partial charge is 0.381 e. The Morgan fingerprint density at radius 3 is 3.00 bits per heavy atom. The summed E-state index contributed by atoms with van der Waals surface area (Å²) in [7, 11) is 0. The van der Waals surface area contributed by atoms with Gasteiger partial charge >= 0.3 is 0 Å². The Morgan fingerprint density at radius 2 is 2.26 bits per heavy atom. The fraction of sp³-hybridized carbons (Fsp3) is 0.167. The number of rotatable bonds is 4. The summed E-state index contributed by atoms with van der Waals surface area (Å²) >= 11 is 0. The van der Waals surface area contributed by atoms with Crippen molar-refractivity contribution in [3.63, 3.8) is 0 Å². The van der Waals surface area contributed by atoms with Crippen LogP contribution in [0.5, 0.6) is 0 Å². The van der Waals surface area contributed by atoms with Crippen LogP contribution in [-0.4, -0.2) is 30.8 Å². The first-order chi connectivity index (χ1) is 9.33. The molecular formula is C12H13N7. The van der Waals surface area contributed by atoms with Crippen molar-refractivity contribution in [2.24, 2.45) is 0 Å². The summed E-state index contributed by atoms with van der Waals surface area (Å²) in [5.41, 5.74) is 4.14. The van der Waals surface area contributed by atoms with Crippen molar-refractivity contribution in [2.75, 3.05) is 5.32 Å². The van der Waals surface area contributed by atoms with Crippen LogP contribution in [0, 0.1) is 6.92 Å². The third-order valence-corrected chi connectivity index (χ3v) is 2.88. The van der Waals surface area contributed by atoms with Crippen molar-refractivity contribution in [3.8, 4) is 11.4 Å². The van der Waals surface area contributed by atoms with E-state index in [4.69, 9.17) is 0 Å². The number of anilines is 1. The number of H-pyrrole nitrogens is 2. The molecule has 2 aromatic heterocycles. The van der Waals surface area contributed by atoms with Gasteiger partial charge in [-0.25, -0.2) is 0 Å². The van der Waals surface area contributed by atoms with Crippen LogP contribution in [0.2, 0.25) is 0 Å². The average Bonchev–Trinajstić information content (AvgIpc) is 3.08. The van der Waals surface area contributed by atoms with E-state index < -0.39 is 0 Å². The van der Waals surface area contributed by atoms with Crippen LogP contribution in [0.3, 0.4) is 0 Å². The molecule has 0 atom stereocenters. The minimum Gasteiger partial charge on any atom is -0.381 e. The molecule has 0 saturated heterocycles. The van der Waals surface area contributed by atoms with Gasteiger partial charge in [-0.3, -0.25) is 5.10 Å². The molecule has 1 aromatic carbocycles. The maximum atomic E-state index is 3.99. The molecule has 0 radical (unpaired) electrons. The topological polar surface area (TPSA) is 95.2 Å². The fourth-order valence-electron chi connectivity index (χ4n) is 1.80. The number of tetrazole rings is 1. The summed E-state index contributed by atoms with van der Waals surface area (Å²) in [5, 5.41) is 24.2. The van der Waals surface area contributed by atoms with Crippen molar-refractivity contribution in [1.29, 1.82) is 0 Å². The molecule has 0 saturated carbocycles. The Kier molecular flexibility index (Phi) is 2.93. The molecule has 96 valence electrons. The molecule has 3 N–H and O–H groups in total. The van der Waals surface area contributed by atoms with E-state index >= 15 is 0 Å². The summed E-state index contributed by atoms with van der Waals surface area (Å²) in [4.78, 5) is 0. The summed E-state index contributed by atoms with van der Waals surface area (Å²) in [5.74, 6) is 0.586. The van der Waals surface area contributed by atoms with E-state index in [2.05, 4.69) is 36.1 Å². The number of nitrogens with zero attached hydrogens (tertiary/aromatic N) is 4. The van der Waals surface area contributed by atoms with E-state index in [-0.39, 0.29) is 0 Å². The predicted octanol–water partition coefficient (Wildman–Crippen LogP) is 1.51. The number of aromatic amines is 2. The Labute approximate surface area is 109 Å². The number of aromatic nitrogens is 6. The van der Waals surface area contributed by atoms with E-state index in [1.807, 2.05) is 37.4 Å². The lowest BCUT2D eigenvalue weighted by Gasteiger charge is -2.06. The number of aryl methyl sites for hydroxylation is 1. The van der Waals surface area contributed by atoms with Gasteiger partial charge in [-0.2, -0.15) is 10.3 Å². The quantitative estimate of drug-likeness (QED) is 0.656. The van der Waals surface area contributed by atoms with Crippen LogP contribution in [0.25, 0.3) is 11.4 Å². The Hall–Kier alpha value is -2.70. The summed E-state index contributed by atoms with van der Waals surface area (Å²) < 4.78 is 0. The van der Waals surface area contributed by atoms with Gasteiger partial charge in [0.15, 0.2) is 0 Å². The standard InChI is InChI=1S/C12H13N7/c1-8-10(7-14-15-8)6-13-11-4-2-3-9(5-11)12-16-18-19-17-12/h2-5,7,13H,6H2,1H3,(H,14,15)(H,16,17,18,19). The number of hydrogen-bond donors (Lipinski definition) is 3. The Morgan fingerprint density at radius 1 is 1.32 bits per heavy atom. The van der Waals surface area contributed by atoms with E-state index in [0.717, 1.165) is 29.1 Å².